The first kappa shape index (κ1) is 42.8. The monoisotopic (exact) mass is 916 g/mol. The third-order valence-electron chi connectivity index (χ3n) is 16.0. The van der Waals surface area contributed by atoms with Crippen LogP contribution in [0.5, 0.6) is 0 Å². The van der Waals surface area contributed by atoms with Crippen molar-refractivity contribution in [2.75, 3.05) is 0 Å². The second kappa shape index (κ2) is 17.3. The van der Waals surface area contributed by atoms with Crippen molar-refractivity contribution >= 4 is 0 Å². The highest BCUT2D eigenvalue weighted by atomic mass is 15.0. The summed E-state index contributed by atoms with van der Waals surface area (Å²) in [6.07, 6.45) is 6.45. The predicted octanol–water partition coefficient (Wildman–Crippen LogP) is 15.4. The molecular weight excluding hydrogens is 865 g/mol. The Morgan fingerprint density at radius 1 is 0.338 bits per heavy atom. The lowest BCUT2D eigenvalue weighted by Crippen LogP contribution is -2.35. The van der Waals surface area contributed by atoms with E-state index >= 15 is 0 Å². The lowest BCUT2D eigenvalue weighted by Gasteiger charge is -2.42. The molecule has 6 heteroatoms. The molecule has 4 unspecified atom stereocenters. The van der Waals surface area contributed by atoms with E-state index in [0.717, 1.165) is 39.3 Å². The first-order chi connectivity index (χ1) is 34.9. The molecule has 71 heavy (non-hydrogen) atoms. The molecule has 4 saturated carbocycles. The second-order valence-corrected chi connectivity index (χ2v) is 20.3. The molecule has 0 radical (unpaired) electrons. The SMILES string of the molecule is Cc1cc(-c2nc(-c3ccccc3)nc(-c3ccccc3)n2)ccc1-c1ccc(C23CC4CC(C2)C(c2ccc(-c5ccc(-c6nc(-c7ccccc7)nc(-c7ccccc7)n6)cc5C)cc2)(C4)C3)cc1. The normalized spacial score (nSPS) is 19.8. The van der Waals surface area contributed by atoms with Crippen molar-refractivity contribution in [2.45, 2.75) is 56.8 Å². The van der Waals surface area contributed by atoms with E-state index in [1.165, 1.54) is 76.6 Å². The van der Waals surface area contributed by atoms with Gasteiger partial charge in [-0.3, -0.25) is 0 Å². The van der Waals surface area contributed by atoms with Crippen molar-refractivity contribution < 1.29 is 0 Å². The summed E-state index contributed by atoms with van der Waals surface area (Å²) in [5, 5.41) is 0. The van der Waals surface area contributed by atoms with Gasteiger partial charge >= 0.3 is 0 Å². The second-order valence-electron chi connectivity index (χ2n) is 20.3. The van der Waals surface area contributed by atoms with Crippen molar-refractivity contribution in [3.8, 4) is 90.6 Å². The fourth-order valence-electron chi connectivity index (χ4n) is 12.8. The zero-order valence-corrected chi connectivity index (χ0v) is 40.0. The van der Waals surface area contributed by atoms with Crippen LogP contribution in [0.15, 0.2) is 206 Å². The van der Waals surface area contributed by atoms with Gasteiger partial charge in [-0.05, 0) is 125 Å². The van der Waals surface area contributed by atoms with E-state index in [1.807, 2.05) is 72.8 Å². The van der Waals surface area contributed by atoms with Gasteiger partial charge in [-0.15, -0.1) is 0 Å². The van der Waals surface area contributed by atoms with Gasteiger partial charge in [0.15, 0.2) is 34.9 Å². The molecule has 4 atom stereocenters. The highest BCUT2D eigenvalue weighted by molar-refractivity contribution is 5.75. The maximum Gasteiger partial charge on any atom is 0.164 e. The predicted molar refractivity (Wildman–Crippen MR) is 286 cm³/mol. The van der Waals surface area contributed by atoms with Crippen LogP contribution in [0.25, 0.3) is 90.6 Å². The minimum Gasteiger partial charge on any atom is -0.208 e. The van der Waals surface area contributed by atoms with E-state index in [2.05, 4.69) is 147 Å². The molecule has 4 aliphatic rings. The van der Waals surface area contributed by atoms with E-state index in [4.69, 9.17) is 29.9 Å². The molecule has 10 aromatic rings. The molecule has 14 rings (SSSR count). The van der Waals surface area contributed by atoms with Gasteiger partial charge in [-0.25, -0.2) is 29.9 Å². The van der Waals surface area contributed by atoms with Crippen molar-refractivity contribution in [2.24, 2.45) is 11.8 Å². The van der Waals surface area contributed by atoms with Crippen LogP contribution < -0.4 is 0 Å². The zero-order valence-electron chi connectivity index (χ0n) is 40.0. The van der Waals surface area contributed by atoms with Crippen molar-refractivity contribution in [1.82, 2.24) is 29.9 Å². The number of hydrogen-bond donors (Lipinski definition) is 0. The highest BCUT2D eigenvalue weighted by Crippen LogP contribution is 2.71. The van der Waals surface area contributed by atoms with Crippen molar-refractivity contribution in [3.05, 3.63) is 229 Å². The van der Waals surface area contributed by atoms with Crippen LogP contribution in [-0.2, 0) is 10.8 Å². The van der Waals surface area contributed by atoms with Gasteiger partial charge in [-0.1, -0.05) is 194 Å². The molecule has 0 amide bonds. The standard InChI is InChI=1S/C65H52N6/c1-42-35-51(62-68-58(47-15-7-3-8-16-47)66-59(69-62)48-17-9-4-10-18-48)27-33-56(42)45-23-29-53(30-24-45)64-38-44-37-55(40-64)65(39-44,41-64)54-31-25-46(26-32-54)57-34-28-52(36-43(57)2)63-70-60(49-19-11-5-12-20-49)67-61(71-63)50-21-13-6-14-22-50/h3-36,44,55H,37-41H2,1-2H3. The van der Waals surface area contributed by atoms with E-state index in [0.29, 0.717) is 40.9 Å². The van der Waals surface area contributed by atoms with Gasteiger partial charge in [0.2, 0.25) is 0 Å². The van der Waals surface area contributed by atoms with Crippen LogP contribution in [0.1, 0.15) is 54.4 Å². The first-order valence-electron chi connectivity index (χ1n) is 25.0. The van der Waals surface area contributed by atoms with Crippen LogP contribution in [0.3, 0.4) is 0 Å². The highest BCUT2D eigenvalue weighted by Gasteiger charge is 2.64. The van der Waals surface area contributed by atoms with Gasteiger partial charge in [-0.2, -0.15) is 0 Å². The number of nitrogens with zero attached hydrogens (tertiary/aromatic N) is 6. The van der Waals surface area contributed by atoms with Crippen molar-refractivity contribution in [3.63, 3.8) is 0 Å². The topological polar surface area (TPSA) is 77.3 Å². The average molecular weight is 917 g/mol. The molecule has 4 bridgehead atoms. The molecule has 0 N–H and O–H groups in total. The third-order valence-corrected chi connectivity index (χ3v) is 16.0. The number of hydrogen-bond acceptors (Lipinski definition) is 6. The summed E-state index contributed by atoms with van der Waals surface area (Å²) in [7, 11) is 0. The summed E-state index contributed by atoms with van der Waals surface area (Å²) in [4.78, 5) is 29.8. The van der Waals surface area contributed by atoms with Crippen LogP contribution in [0.2, 0.25) is 0 Å². The third kappa shape index (κ3) is 7.75. The van der Waals surface area contributed by atoms with E-state index < -0.39 is 0 Å². The molecule has 2 aromatic heterocycles. The first-order valence-corrected chi connectivity index (χ1v) is 25.0. The molecule has 4 fully saturated rings. The molecule has 0 saturated heterocycles. The lowest BCUT2D eigenvalue weighted by molar-refractivity contribution is 0.220. The molecule has 0 spiro atoms. The van der Waals surface area contributed by atoms with Crippen LogP contribution in [0, 0.1) is 25.7 Å². The Morgan fingerprint density at radius 2 is 0.690 bits per heavy atom. The van der Waals surface area contributed by atoms with Gasteiger partial charge in [0.25, 0.3) is 0 Å². The number of benzene rings is 8. The molecule has 2 heterocycles. The fourth-order valence-corrected chi connectivity index (χ4v) is 12.8. The summed E-state index contributed by atoms with van der Waals surface area (Å²) < 4.78 is 0. The maximum absolute atomic E-state index is 4.99. The summed E-state index contributed by atoms with van der Waals surface area (Å²) in [6, 6.07) is 73.2. The van der Waals surface area contributed by atoms with Crippen LogP contribution in [-0.4, -0.2) is 29.9 Å². The Bertz CT molecular complexity index is 3460. The number of aryl methyl sites for hydroxylation is 2. The molecule has 342 valence electrons. The van der Waals surface area contributed by atoms with Gasteiger partial charge in [0.1, 0.15) is 0 Å². The minimum absolute atomic E-state index is 0.218. The smallest absolute Gasteiger partial charge is 0.164 e. The Kier molecular flexibility index (Phi) is 10.5. The quantitative estimate of drug-likeness (QED) is 0.136. The van der Waals surface area contributed by atoms with Gasteiger partial charge < -0.3 is 0 Å². The van der Waals surface area contributed by atoms with Gasteiger partial charge in [0, 0.05) is 33.4 Å². The molecule has 6 nitrogen and oxygen atoms in total. The van der Waals surface area contributed by atoms with Crippen molar-refractivity contribution in [1.29, 1.82) is 0 Å². The average Bonchev–Trinajstić information content (AvgIpc) is 3.83. The maximum atomic E-state index is 4.99. The summed E-state index contributed by atoms with van der Waals surface area (Å²) >= 11 is 0. The zero-order chi connectivity index (χ0) is 47.5. The molecule has 4 aliphatic carbocycles. The molecule has 0 aliphatic heterocycles. The van der Waals surface area contributed by atoms with Crippen LogP contribution in [0.4, 0.5) is 0 Å². The van der Waals surface area contributed by atoms with E-state index in [9.17, 15) is 0 Å². The molecule has 8 aromatic carbocycles. The number of aromatic nitrogens is 6. The minimum atomic E-state index is 0.218. The van der Waals surface area contributed by atoms with Crippen LogP contribution >= 0.6 is 0 Å². The largest absolute Gasteiger partial charge is 0.208 e. The number of rotatable bonds is 10. The lowest BCUT2D eigenvalue weighted by atomic mass is 9.62. The Labute approximate surface area is 415 Å². The Hall–Kier alpha value is -8.22. The molecular formula is C65H52N6. The fraction of sp³-hybridized carbons (Fsp3) is 0.169. The summed E-state index contributed by atoms with van der Waals surface area (Å²) in [6.45, 7) is 4.40. The Morgan fingerprint density at radius 3 is 1.07 bits per heavy atom. The summed E-state index contributed by atoms with van der Waals surface area (Å²) in [5.74, 6) is 5.52. The Balaban J connectivity index is 0.747. The van der Waals surface area contributed by atoms with Gasteiger partial charge in [0.05, 0.1) is 0 Å². The summed E-state index contributed by atoms with van der Waals surface area (Å²) in [5.41, 5.74) is 16.7. The van der Waals surface area contributed by atoms with E-state index in [1.54, 1.807) is 0 Å². The van der Waals surface area contributed by atoms with E-state index in [-0.39, 0.29) is 10.8 Å².